The first-order chi connectivity index (χ1) is 11.0. The zero-order chi connectivity index (χ0) is 16.4. The molecule has 0 amide bonds. The molecule has 3 rings (SSSR count). The third-order valence-electron chi connectivity index (χ3n) is 4.12. The molecule has 0 spiro atoms. The highest BCUT2D eigenvalue weighted by atomic mass is 15.0. The van der Waals surface area contributed by atoms with E-state index < -0.39 is 0 Å². The molecule has 0 saturated heterocycles. The van der Waals surface area contributed by atoms with Gasteiger partial charge < -0.3 is 4.57 Å². The third-order valence-corrected chi connectivity index (χ3v) is 4.12. The number of aliphatic imine (C=N–C) groups is 1. The smallest absolute Gasteiger partial charge is 0.0630 e. The van der Waals surface area contributed by atoms with Gasteiger partial charge in [0.25, 0.3) is 0 Å². The fourth-order valence-corrected chi connectivity index (χ4v) is 2.86. The summed E-state index contributed by atoms with van der Waals surface area (Å²) in [5.41, 5.74) is 8.30. The molecular weight excluding hydrogens is 280 g/mol. The maximum absolute atomic E-state index is 4.61. The first-order valence-electron chi connectivity index (χ1n) is 7.91. The molecule has 0 unspecified atom stereocenters. The van der Waals surface area contributed by atoms with Gasteiger partial charge in [-0.05, 0) is 63.6 Å². The Morgan fingerprint density at radius 3 is 2.26 bits per heavy atom. The van der Waals surface area contributed by atoms with E-state index in [1.165, 1.54) is 28.2 Å². The molecule has 0 aliphatic rings. The number of aromatic nitrogens is 1. The molecule has 2 heteroatoms. The molecule has 0 aliphatic heterocycles. The van der Waals surface area contributed by atoms with Crippen molar-refractivity contribution in [2.45, 2.75) is 27.7 Å². The topological polar surface area (TPSA) is 17.3 Å². The highest BCUT2D eigenvalue weighted by molar-refractivity contribution is 5.84. The summed E-state index contributed by atoms with van der Waals surface area (Å²) in [4.78, 5) is 4.61. The lowest BCUT2D eigenvalue weighted by Gasteiger charge is -2.10. The zero-order valence-electron chi connectivity index (χ0n) is 14.2. The summed E-state index contributed by atoms with van der Waals surface area (Å²) in [5.74, 6) is 0. The first-order valence-corrected chi connectivity index (χ1v) is 7.91. The molecule has 1 aromatic heterocycles. The van der Waals surface area contributed by atoms with Crippen LogP contribution in [0.3, 0.4) is 0 Å². The number of aryl methyl sites for hydroxylation is 3. The monoisotopic (exact) mass is 302 g/mol. The minimum Gasteiger partial charge on any atom is -0.318 e. The SMILES string of the molecule is Cc1ccc(N=Cc2cc(C)n(-c3cccc(C)c3)c2C)cc1. The number of benzene rings is 2. The van der Waals surface area contributed by atoms with Crippen LogP contribution < -0.4 is 0 Å². The predicted octanol–water partition coefficient (Wildman–Crippen LogP) is 5.46. The average molecular weight is 302 g/mol. The maximum Gasteiger partial charge on any atom is 0.0630 e. The van der Waals surface area contributed by atoms with E-state index in [0.29, 0.717) is 0 Å². The summed E-state index contributed by atoms with van der Waals surface area (Å²) in [7, 11) is 0. The number of rotatable bonds is 3. The summed E-state index contributed by atoms with van der Waals surface area (Å²) >= 11 is 0. The molecule has 23 heavy (non-hydrogen) atoms. The summed E-state index contributed by atoms with van der Waals surface area (Å²) in [6.07, 6.45) is 1.96. The normalized spacial score (nSPS) is 11.3. The molecule has 0 radical (unpaired) electrons. The van der Waals surface area contributed by atoms with Gasteiger partial charge in [0, 0.05) is 28.9 Å². The minimum atomic E-state index is 0.982. The molecule has 2 nitrogen and oxygen atoms in total. The predicted molar refractivity (Wildman–Crippen MR) is 98.4 cm³/mol. The Kier molecular flexibility index (Phi) is 4.16. The van der Waals surface area contributed by atoms with Crippen LogP contribution in [0.2, 0.25) is 0 Å². The third kappa shape index (κ3) is 3.26. The van der Waals surface area contributed by atoms with Crippen molar-refractivity contribution >= 4 is 11.9 Å². The molecule has 0 fully saturated rings. The molecule has 0 N–H and O–H groups in total. The van der Waals surface area contributed by atoms with Crippen LogP contribution in [0.5, 0.6) is 0 Å². The lowest BCUT2D eigenvalue weighted by molar-refractivity contribution is 0.963. The van der Waals surface area contributed by atoms with E-state index in [-0.39, 0.29) is 0 Å². The Morgan fingerprint density at radius 1 is 0.826 bits per heavy atom. The Hall–Kier alpha value is -2.61. The standard InChI is InChI=1S/C21H22N2/c1-15-8-10-20(11-9-15)22-14-19-13-17(3)23(18(19)4)21-7-5-6-16(2)12-21/h5-14H,1-4H3. The highest BCUT2D eigenvalue weighted by Crippen LogP contribution is 2.21. The van der Waals surface area contributed by atoms with Gasteiger partial charge in [-0.2, -0.15) is 0 Å². The quantitative estimate of drug-likeness (QED) is 0.571. The van der Waals surface area contributed by atoms with E-state index in [0.717, 1.165) is 11.3 Å². The van der Waals surface area contributed by atoms with Crippen molar-refractivity contribution in [1.29, 1.82) is 0 Å². The van der Waals surface area contributed by atoms with Crippen molar-refractivity contribution in [1.82, 2.24) is 4.57 Å². The summed E-state index contributed by atoms with van der Waals surface area (Å²) in [6.45, 7) is 8.49. The van der Waals surface area contributed by atoms with E-state index in [9.17, 15) is 0 Å². The molecule has 116 valence electrons. The fraction of sp³-hybridized carbons (Fsp3) is 0.190. The molecule has 0 atom stereocenters. The minimum absolute atomic E-state index is 0.982. The van der Waals surface area contributed by atoms with Crippen LogP contribution in [0.4, 0.5) is 5.69 Å². The lowest BCUT2D eigenvalue weighted by atomic mass is 10.2. The molecule has 0 aliphatic carbocycles. The van der Waals surface area contributed by atoms with Gasteiger partial charge in [0.15, 0.2) is 0 Å². The van der Waals surface area contributed by atoms with Crippen molar-refractivity contribution in [3.63, 3.8) is 0 Å². The van der Waals surface area contributed by atoms with Crippen molar-refractivity contribution < 1.29 is 0 Å². The molecule has 2 aromatic carbocycles. The van der Waals surface area contributed by atoms with Crippen molar-refractivity contribution in [3.05, 3.63) is 82.7 Å². The second kappa shape index (κ2) is 6.25. The van der Waals surface area contributed by atoms with E-state index in [1.807, 2.05) is 18.3 Å². The fourth-order valence-electron chi connectivity index (χ4n) is 2.86. The van der Waals surface area contributed by atoms with Crippen molar-refractivity contribution in [2.24, 2.45) is 4.99 Å². The molecular formula is C21H22N2. The van der Waals surface area contributed by atoms with Gasteiger partial charge in [0.05, 0.1) is 5.69 Å². The van der Waals surface area contributed by atoms with E-state index in [4.69, 9.17) is 0 Å². The van der Waals surface area contributed by atoms with E-state index in [2.05, 4.69) is 79.7 Å². The lowest BCUT2D eigenvalue weighted by Crippen LogP contribution is -1.99. The number of hydrogen-bond donors (Lipinski definition) is 0. The van der Waals surface area contributed by atoms with Gasteiger partial charge in [-0.15, -0.1) is 0 Å². The first kappa shape index (κ1) is 15.3. The van der Waals surface area contributed by atoms with Gasteiger partial charge in [-0.3, -0.25) is 4.99 Å². The Balaban J connectivity index is 1.96. The van der Waals surface area contributed by atoms with Gasteiger partial charge in [0.1, 0.15) is 0 Å². The second-order valence-corrected chi connectivity index (χ2v) is 6.09. The Morgan fingerprint density at radius 2 is 1.57 bits per heavy atom. The van der Waals surface area contributed by atoms with Crippen LogP contribution in [0.1, 0.15) is 28.1 Å². The Labute approximate surface area is 138 Å². The zero-order valence-corrected chi connectivity index (χ0v) is 14.2. The highest BCUT2D eigenvalue weighted by Gasteiger charge is 2.09. The molecule has 0 saturated carbocycles. The van der Waals surface area contributed by atoms with Gasteiger partial charge >= 0.3 is 0 Å². The summed E-state index contributed by atoms with van der Waals surface area (Å²) < 4.78 is 2.28. The van der Waals surface area contributed by atoms with Crippen molar-refractivity contribution in [3.8, 4) is 5.69 Å². The number of nitrogens with zero attached hydrogens (tertiary/aromatic N) is 2. The molecule has 3 aromatic rings. The summed E-state index contributed by atoms with van der Waals surface area (Å²) in [5, 5.41) is 0. The van der Waals surface area contributed by atoms with Crippen LogP contribution in [-0.4, -0.2) is 10.8 Å². The van der Waals surface area contributed by atoms with Crippen LogP contribution in [-0.2, 0) is 0 Å². The summed E-state index contributed by atoms with van der Waals surface area (Å²) in [6, 6.07) is 19.0. The van der Waals surface area contributed by atoms with E-state index in [1.54, 1.807) is 0 Å². The van der Waals surface area contributed by atoms with Gasteiger partial charge in [-0.25, -0.2) is 0 Å². The average Bonchev–Trinajstić information content (AvgIpc) is 2.81. The Bertz CT molecular complexity index is 852. The van der Waals surface area contributed by atoms with Gasteiger partial charge in [-0.1, -0.05) is 29.8 Å². The largest absolute Gasteiger partial charge is 0.318 e. The van der Waals surface area contributed by atoms with Gasteiger partial charge in [0.2, 0.25) is 0 Å². The van der Waals surface area contributed by atoms with E-state index >= 15 is 0 Å². The molecule has 1 heterocycles. The van der Waals surface area contributed by atoms with Crippen LogP contribution in [0.15, 0.2) is 59.6 Å². The van der Waals surface area contributed by atoms with Crippen LogP contribution in [0.25, 0.3) is 5.69 Å². The molecule has 0 bridgehead atoms. The van der Waals surface area contributed by atoms with Crippen molar-refractivity contribution in [2.75, 3.05) is 0 Å². The van der Waals surface area contributed by atoms with Crippen LogP contribution >= 0.6 is 0 Å². The second-order valence-electron chi connectivity index (χ2n) is 6.09. The maximum atomic E-state index is 4.61. The van der Waals surface area contributed by atoms with Crippen LogP contribution in [0, 0.1) is 27.7 Å². The number of hydrogen-bond acceptors (Lipinski definition) is 1.